The Kier molecular flexibility index (Phi) is 6.68. The van der Waals surface area contributed by atoms with Crippen LogP contribution in [0.25, 0.3) is 11.3 Å². The summed E-state index contributed by atoms with van der Waals surface area (Å²) in [7, 11) is 0. The molecule has 0 radical (unpaired) electrons. The summed E-state index contributed by atoms with van der Waals surface area (Å²) in [6.07, 6.45) is 0. The zero-order chi connectivity index (χ0) is 19.4. The van der Waals surface area contributed by atoms with Crippen LogP contribution in [0, 0.1) is 0 Å². The van der Waals surface area contributed by atoms with Crippen molar-refractivity contribution in [3.05, 3.63) is 62.4 Å². The highest BCUT2D eigenvalue weighted by Gasteiger charge is 2.12. The van der Waals surface area contributed by atoms with Crippen molar-refractivity contribution >= 4 is 54.2 Å². The SMILES string of the molecule is CC(C)c1cc(Br)ccc1OCC(=O)Nc1nc(-c2ccc(Br)cc2)cs1. The highest BCUT2D eigenvalue weighted by Crippen LogP contribution is 2.30. The number of nitrogens with one attached hydrogen (secondary N) is 1. The maximum Gasteiger partial charge on any atom is 0.264 e. The molecule has 4 nitrogen and oxygen atoms in total. The molecule has 27 heavy (non-hydrogen) atoms. The number of anilines is 1. The van der Waals surface area contributed by atoms with E-state index in [1.165, 1.54) is 11.3 Å². The zero-order valence-electron chi connectivity index (χ0n) is 14.8. The number of carbonyl (C=O) groups is 1. The van der Waals surface area contributed by atoms with Gasteiger partial charge in [-0.15, -0.1) is 11.3 Å². The summed E-state index contributed by atoms with van der Waals surface area (Å²) in [6, 6.07) is 13.7. The van der Waals surface area contributed by atoms with Crippen LogP contribution in [0.15, 0.2) is 56.8 Å². The Labute approximate surface area is 179 Å². The molecule has 0 atom stereocenters. The molecule has 1 amide bonds. The molecule has 0 aliphatic rings. The number of ether oxygens (including phenoxy) is 1. The van der Waals surface area contributed by atoms with E-state index in [1.54, 1.807) is 0 Å². The zero-order valence-corrected chi connectivity index (χ0v) is 18.8. The van der Waals surface area contributed by atoms with Crippen LogP contribution in [0.1, 0.15) is 25.3 Å². The smallest absolute Gasteiger partial charge is 0.264 e. The van der Waals surface area contributed by atoms with Crippen LogP contribution in [0.3, 0.4) is 0 Å². The number of benzene rings is 2. The van der Waals surface area contributed by atoms with E-state index in [4.69, 9.17) is 4.74 Å². The third-order valence-corrected chi connectivity index (χ3v) is 5.62. The van der Waals surface area contributed by atoms with E-state index >= 15 is 0 Å². The lowest BCUT2D eigenvalue weighted by Gasteiger charge is -2.14. The Morgan fingerprint density at radius 3 is 2.56 bits per heavy atom. The van der Waals surface area contributed by atoms with Crippen molar-refractivity contribution in [1.82, 2.24) is 4.98 Å². The first kappa shape index (κ1) is 20.0. The van der Waals surface area contributed by atoms with Crippen LogP contribution < -0.4 is 10.1 Å². The summed E-state index contributed by atoms with van der Waals surface area (Å²) < 4.78 is 7.74. The average Bonchev–Trinajstić information content (AvgIpc) is 3.09. The Morgan fingerprint density at radius 2 is 1.85 bits per heavy atom. The second kappa shape index (κ2) is 8.99. The second-order valence-electron chi connectivity index (χ2n) is 6.22. The van der Waals surface area contributed by atoms with Crippen molar-refractivity contribution in [2.75, 3.05) is 11.9 Å². The molecule has 0 unspecified atom stereocenters. The average molecular weight is 510 g/mol. The van der Waals surface area contributed by atoms with Gasteiger partial charge in [0.25, 0.3) is 5.91 Å². The third kappa shape index (κ3) is 5.40. The number of hydrogen-bond acceptors (Lipinski definition) is 4. The molecule has 0 saturated carbocycles. The van der Waals surface area contributed by atoms with Gasteiger partial charge >= 0.3 is 0 Å². The van der Waals surface area contributed by atoms with Gasteiger partial charge < -0.3 is 4.74 Å². The molecule has 140 valence electrons. The number of carbonyl (C=O) groups excluding carboxylic acids is 1. The highest BCUT2D eigenvalue weighted by molar-refractivity contribution is 9.10. The van der Waals surface area contributed by atoms with Gasteiger partial charge in [0, 0.05) is 19.9 Å². The minimum absolute atomic E-state index is 0.0610. The molecule has 0 fully saturated rings. The van der Waals surface area contributed by atoms with Gasteiger partial charge in [0.15, 0.2) is 11.7 Å². The van der Waals surface area contributed by atoms with E-state index in [1.807, 2.05) is 47.8 Å². The van der Waals surface area contributed by atoms with E-state index in [9.17, 15) is 4.79 Å². The highest BCUT2D eigenvalue weighted by atomic mass is 79.9. The van der Waals surface area contributed by atoms with Crippen LogP contribution >= 0.6 is 43.2 Å². The standard InChI is InChI=1S/C20H18Br2N2O2S/c1-12(2)16-9-15(22)7-8-18(16)26-10-19(25)24-20-23-17(11-27-20)13-3-5-14(21)6-4-13/h3-9,11-12H,10H2,1-2H3,(H,23,24,25). The minimum atomic E-state index is -0.232. The van der Waals surface area contributed by atoms with Crippen molar-refractivity contribution in [3.8, 4) is 17.0 Å². The molecular formula is C20H18Br2N2O2S. The first-order valence-corrected chi connectivity index (χ1v) is 10.8. The van der Waals surface area contributed by atoms with Crippen LogP contribution in [0.4, 0.5) is 5.13 Å². The Morgan fingerprint density at radius 1 is 1.15 bits per heavy atom. The van der Waals surface area contributed by atoms with Crippen LogP contribution in [-0.2, 0) is 4.79 Å². The summed E-state index contributed by atoms with van der Waals surface area (Å²) in [5.41, 5.74) is 2.89. The van der Waals surface area contributed by atoms with Crippen molar-refractivity contribution in [1.29, 1.82) is 0 Å². The van der Waals surface area contributed by atoms with E-state index in [0.717, 1.165) is 31.5 Å². The van der Waals surface area contributed by atoms with Crippen LogP contribution in [0.2, 0.25) is 0 Å². The normalized spacial score (nSPS) is 10.9. The summed E-state index contributed by atoms with van der Waals surface area (Å²) in [6.45, 7) is 4.12. The van der Waals surface area contributed by atoms with Crippen LogP contribution in [-0.4, -0.2) is 17.5 Å². The third-order valence-electron chi connectivity index (χ3n) is 3.84. The van der Waals surface area contributed by atoms with Crippen molar-refractivity contribution in [3.63, 3.8) is 0 Å². The lowest BCUT2D eigenvalue weighted by Crippen LogP contribution is -2.20. The number of aromatic nitrogens is 1. The predicted molar refractivity (Wildman–Crippen MR) is 118 cm³/mol. The number of thiazole rings is 1. The second-order valence-corrected chi connectivity index (χ2v) is 8.91. The van der Waals surface area contributed by atoms with Gasteiger partial charge in [0.05, 0.1) is 5.69 Å². The first-order valence-electron chi connectivity index (χ1n) is 8.36. The van der Waals surface area contributed by atoms with Gasteiger partial charge in [-0.25, -0.2) is 4.98 Å². The van der Waals surface area contributed by atoms with Gasteiger partial charge in [0.1, 0.15) is 5.75 Å². The summed E-state index contributed by atoms with van der Waals surface area (Å²) in [5.74, 6) is 0.787. The number of rotatable bonds is 6. The molecule has 0 saturated heterocycles. The minimum Gasteiger partial charge on any atom is -0.483 e. The predicted octanol–water partition coefficient (Wildman–Crippen LogP) is 6.48. The van der Waals surface area contributed by atoms with E-state index in [0.29, 0.717) is 11.0 Å². The van der Waals surface area contributed by atoms with Crippen molar-refractivity contribution in [2.24, 2.45) is 0 Å². The van der Waals surface area contributed by atoms with Crippen molar-refractivity contribution < 1.29 is 9.53 Å². The van der Waals surface area contributed by atoms with Crippen molar-refractivity contribution in [2.45, 2.75) is 19.8 Å². The first-order chi connectivity index (χ1) is 12.9. The molecular weight excluding hydrogens is 492 g/mol. The topological polar surface area (TPSA) is 51.2 Å². The molecule has 0 aliphatic carbocycles. The monoisotopic (exact) mass is 508 g/mol. The summed E-state index contributed by atoms with van der Waals surface area (Å²) in [5, 5.41) is 5.28. The number of nitrogens with zero attached hydrogens (tertiary/aromatic N) is 1. The van der Waals surface area contributed by atoms with Gasteiger partial charge in [-0.3, -0.25) is 10.1 Å². The fourth-order valence-electron chi connectivity index (χ4n) is 2.48. The lowest BCUT2D eigenvalue weighted by atomic mass is 10.0. The fourth-order valence-corrected chi connectivity index (χ4v) is 3.86. The number of halogens is 2. The fraction of sp³-hybridized carbons (Fsp3) is 0.200. The Bertz CT molecular complexity index is 939. The molecule has 0 bridgehead atoms. The quantitative estimate of drug-likeness (QED) is 0.414. The van der Waals surface area contributed by atoms with Gasteiger partial charge in [0.2, 0.25) is 0 Å². The molecule has 3 rings (SSSR count). The number of amides is 1. The van der Waals surface area contributed by atoms with Gasteiger partial charge in [-0.1, -0.05) is 57.8 Å². The largest absolute Gasteiger partial charge is 0.483 e. The van der Waals surface area contributed by atoms with Crippen LogP contribution in [0.5, 0.6) is 5.75 Å². The summed E-state index contributed by atoms with van der Waals surface area (Å²) >= 11 is 8.28. The molecule has 1 N–H and O–H groups in total. The maximum absolute atomic E-state index is 12.2. The lowest BCUT2D eigenvalue weighted by molar-refractivity contribution is -0.118. The molecule has 1 heterocycles. The van der Waals surface area contributed by atoms with Gasteiger partial charge in [-0.05, 0) is 41.8 Å². The van der Waals surface area contributed by atoms with E-state index < -0.39 is 0 Å². The Hall–Kier alpha value is -1.70. The molecule has 2 aromatic carbocycles. The summed E-state index contributed by atoms with van der Waals surface area (Å²) in [4.78, 5) is 16.7. The maximum atomic E-state index is 12.2. The van der Waals surface area contributed by atoms with E-state index in [-0.39, 0.29) is 12.5 Å². The molecule has 0 aliphatic heterocycles. The van der Waals surface area contributed by atoms with Gasteiger partial charge in [-0.2, -0.15) is 0 Å². The molecule has 0 spiro atoms. The van der Waals surface area contributed by atoms with E-state index in [2.05, 4.69) is 56.0 Å². The molecule has 3 aromatic rings. The molecule has 1 aromatic heterocycles. The number of hydrogen-bond donors (Lipinski definition) is 1. The Balaban J connectivity index is 1.61. The molecule has 7 heteroatoms.